The Labute approximate surface area is 134 Å². The molecule has 122 valence electrons. The zero-order chi connectivity index (χ0) is 15.9. The summed E-state index contributed by atoms with van der Waals surface area (Å²) in [5.41, 5.74) is 1.41. The van der Waals surface area contributed by atoms with Crippen LogP contribution in [0.4, 0.5) is 0 Å². The highest BCUT2D eigenvalue weighted by Crippen LogP contribution is 1.95. The van der Waals surface area contributed by atoms with E-state index in [2.05, 4.69) is 56.4 Å². The normalized spacial score (nSPS) is 23.3. The molecule has 0 saturated carbocycles. The van der Waals surface area contributed by atoms with Crippen molar-refractivity contribution in [2.45, 2.75) is 33.4 Å². The Balaban J connectivity index is 1.75. The quantitative estimate of drug-likeness (QED) is 0.628. The van der Waals surface area contributed by atoms with Crippen molar-refractivity contribution >= 4 is 5.91 Å². The van der Waals surface area contributed by atoms with E-state index in [0.717, 1.165) is 39.3 Å². The lowest BCUT2D eigenvalue weighted by Crippen LogP contribution is -3.29. The Morgan fingerprint density at radius 3 is 2.32 bits per heavy atom. The van der Waals surface area contributed by atoms with Crippen molar-refractivity contribution in [2.24, 2.45) is 5.92 Å². The van der Waals surface area contributed by atoms with Crippen molar-refractivity contribution in [1.82, 2.24) is 5.32 Å². The number of hydrogen-bond donors (Lipinski definition) is 3. The molecule has 0 aliphatic carbocycles. The van der Waals surface area contributed by atoms with Crippen LogP contribution in [-0.2, 0) is 11.3 Å². The minimum atomic E-state index is 0.0667. The molecule has 4 heteroatoms. The smallest absolute Gasteiger partial charge is 0.278 e. The topological polar surface area (TPSA) is 38.0 Å². The van der Waals surface area contributed by atoms with Gasteiger partial charge in [0, 0.05) is 12.1 Å². The third-order valence-electron chi connectivity index (χ3n) is 4.59. The summed E-state index contributed by atoms with van der Waals surface area (Å²) < 4.78 is 0. The summed E-state index contributed by atoms with van der Waals surface area (Å²) in [6.45, 7) is 12.7. The van der Waals surface area contributed by atoms with Crippen molar-refractivity contribution < 1.29 is 14.6 Å². The van der Waals surface area contributed by atoms with Crippen LogP contribution in [0.5, 0.6) is 0 Å². The average molecular weight is 305 g/mol. The van der Waals surface area contributed by atoms with Gasteiger partial charge in [-0.3, -0.25) is 4.79 Å². The molecule has 0 bridgehead atoms. The highest BCUT2D eigenvalue weighted by molar-refractivity contribution is 5.79. The van der Waals surface area contributed by atoms with Gasteiger partial charge in [0.15, 0.2) is 6.04 Å². The first-order valence-electron chi connectivity index (χ1n) is 8.56. The van der Waals surface area contributed by atoms with Gasteiger partial charge in [0.1, 0.15) is 32.7 Å². The second-order valence-corrected chi connectivity index (χ2v) is 6.93. The number of carbonyl (C=O) groups is 1. The first-order chi connectivity index (χ1) is 10.6. The van der Waals surface area contributed by atoms with Crippen LogP contribution in [0.15, 0.2) is 30.3 Å². The third-order valence-corrected chi connectivity index (χ3v) is 4.59. The molecule has 1 saturated heterocycles. The number of quaternary nitrogens is 2. The lowest BCUT2D eigenvalue weighted by atomic mass is 10.1. The number of hydrogen-bond acceptors (Lipinski definition) is 1. The van der Waals surface area contributed by atoms with Crippen LogP contribution in [0.3, 0.4) is 0 Å². The maximum Gasteiger partial charge on any atom is 0.278 e. The Morgan fingerprint density at radius 2 is 1.73 bits per heavy atom. The molecule has 1 amide bonds. The van der Waals surface area contributed by atoms with Crippen LogP contribution < -0.4 is 15.1 Å². The molecule has 1 atom stereocenters. The van der Waals surface area contributed by atoms with Gasteiger partial charge in [-0.15, -0.1) is 0 Å². The summed E-state index contributed by atoms with van der Waals surface area (Å²) in [6, 6.07) is 10.8. The van der Waals surface area contributed by atoms with Crippen molar-refractivity contribution in [2.75, 3.05) is 32.7 Å². The minimum absolute atomic E-state index is 0.0667. The Hall–Kier alpha value is -1.39. The van der Waals surface area contributed by atoms with Crippen molar-refractivity contribution in [3.63, 3.8) is 0 Å². The molecular weight excluding hydrogens is 274 g/mol. The fourth-order valence-electron chi connectivity index (χ4n) is 3.06. The minimum Gasteiger partial charge on any atom is -0.351 e. The molecule has 1 aromatic rings. The van der Waals surface area contributed by atoms with Gasteiger partial charge in [0.05, 0.1) is 0 Å². The van der Waals surface area contributed by atoms with E-state index in [4.69, 9.17) is 0 Å². The predicted molar refractivity (Wildman–Crippen MR) is 88.8 cm³/mol. The van der Waals surface area contributed by atoms with E-state index < -0.39 is 0 Å². The highest BCUT2D eigenvalue weighted by Gasteiger charge is 2.30. The molecule has 0 radical (unpaired) electrons. The summed E-state index contributed by atoms with van der Waals surface area (Å²) in [4.78, 5) is 15.2. The van der Waals surface area contributed by atoms with Gasteiger partial charge < -0.3 is 15.1 Å². The number of carbonyl (C=O) groups excluding carboxylic acids is 1. The van der Waals surface area contributed by atoms with Crippen molar-refractivity contribution in [3.8, 4) is 0 Å². The van der Waals surface area contributed by atoms with Gasteiger partial charge in [-0.2, -0.15) is 0 Å². The van der Waals surface area contributed by atoms with Crippen LogP contribution in [0, 0.1) is 5.92 Å². The van der Waals surface area contributed by atoms with E-state index in [0.29, 0.717) is 5.92 Å². The van der Waals surface area contributed by atoms with Crippen molar-refractivity contribution in [3.05, 3.63) is 35.9 Å². The summed E-state index contributed by atoms with van der Waals surface area (Å²) in [6.07, 6.45) is 0. The monoisotopic (exact) mass is 305 g/mol. The Morgan fingerprint density at radius 1 is 1.09 bits per heavy atom. The lowest BCUT2D eigenvalue weighted by Gasteiger charge is -2.32. The van der Waals surface area contributed by atoms with Crippen LogP contribution in [0.2, 0.25) is 0 Å². The summed E-state index contributed by atoms with van der Waals surface area (Å²) in [5.74, 6) is 0.716. The van der Waals surface area contributed by atoms with Gasteiger partial charge in [-0.25, -0.2) is 0 Å². The maximum atomic E-state index is 12.2. The zero-order valence-corrected chi connectivity index (χ0v) is 14.2. The third kappa shape index (κ3) is 5.11. The molecule has 1 aromatic carbocycles. The van der Waals surface area contributed by atoms with Gasteiger partial charge in [-0.05, 0) is 12.8 Å². The molecule has 4 nitrogen and oxygen atoms in total. The number of amides is 1. The molecule has 3 N–H and O–H groups in total. The molecule has 1 fully saturated rings. The van der Waals surface area contributed by atoms with Gasteiger partial charge >= 0.3 is 0 Å². The highest BCUT2D eigenvalue weighted by atomic mass is 16.2. The second kappa shape index (κ2) is 8.30. The van der Waals surface area contributed by atoms with Gasteiger partial charge in [0.25, 0.3) is 5.91 Å². The second-order valence-electron chi connectivity index (χ2n) is 6.93. The molecule has 0 unspecified atom stereocenters. The largest absolute Gasteiger partial charge is 0.351 e. The fraction of sp³-hybridized carbons (Fsp3) is 0.611. The molecule has 22 heavy (non-hydrogen) atoms. The summed E-state index contributed by atoms with van der Waals surface area (Å²) in [7, 11) is 0. The Bertz CT molecular complexity index is 453. The van der Waals surface area contributed by atoms with Gasteiger partial charge in [-0.1, -0.05) is 44.2 Å². The molecule has 2 rings (SSSR count). The number of benzene rings is 1. The van der Waals surface area contributed by atoms with Gasteiger partial charge in [0.2, 0.25) is 0 Å². The molecule has 1 aliphatic rings. The summed E-state index contributed by atoms with van der Waals surface area (Å²) in [5, 5.41) is 3.06. The fourth-order valence-corrected chi connectivity index (χ4v) is 3.06. The predicted octanol–water partition coefficient (Wildman–Crippen LogP) is -0.869. The van der Waals surface area contributed by atoms with Crippen LogP contribution in [0.1, 0.15) is 26.3 Å². The lowest BCUT2D eigenvalue weighted by molar-refractivity contribution is -1.02. The average Bonchev–Trinajstić information content (AvgIpc) is 2.53. The van der Waals surface area contributed by atoms with E-state index in [1.807, 2.05) is 0 Å². The first kappa shape index (κ1) is 17.0. The summed E-state index contributed by atoms with van der Waals surface area (Å²) >= 11 is 0. The Kier molecular flexibility index (Phi) is 6.40. The van der Waals surface area contributed by atoms with Crippen LogP contribution >= 0.6 is 0 Å². The van der Waals surface area contributed by atoms with E-state index in [1.54, 1.807) is 4.90 Å². The number of nitrogens with one attached hydrogen (secondary N) is 3. The number of rotatable bonds is 6. The van der Waals surface area contributed by atoms with Crippen LogP contribution in [0.25, 0.3) is 0 Å². The van der Waals surface area contributed by atoms with Crippen LogP contribution in [-0.4, -0.2) is 44.7 Å². The maximum absolute atomic E-state index is 12.2. The molecule has 0 aromatic heterocycles. The standard InChI is InChI=1S/C18H29N3O/c1-15(2)13-19-18(22)16(3)21-11-9-20(10-12-21)14-17-7-5-4-6-8-17/h4-8,15-16H,9-14H2,1-3H3,(H,19,22)/p+2/t16-/m1/s1. The first-order valence-corrected chi connectivity index (χ1v) is 8.56. The van der Waals surface area contributed by atoms with E-state index in [9.17, 15) is 4.79 Å². The molecule has 1 aliphatic heterocycles. The van der Waals surface area contributed by atoms with E-state index in [1.165, 1.54) is 10.5 Å². The van der Waals surface area contributed by atoms with E-state index >= 15 is 0 Å². The van der Waals surface area contributed by atoms with E-state index in [-0.39, 0.29) is 11.9 Å². The molecule has 1 heterocycles. The van der Waals surface area contributed by atoms with Crippen molar-refractivity contribution in [1.29, 1.82) is 0 Å². The zero-order valence-electron chi connectivity index (χ0n) is 14.2. The number of piperazine rings is 1. The molecule has 0 spiro atoms. The molecular formula is C18H31N3O+2. The SMILES string of the molecule is CC(C)CNC(=O)[C@@H](C)[NH+]1CC[NH+](Cc2ccccc2)CC1.